The Balaban J connectivity index is 1.54. The molecule has 1 saturated heterocycles. The first-order chi connectivity index (χ1) is 12.8. The molecule has 140 valence electrons. The Hall–Kier alpha value is -1.69. The number of rotatable bonds is 9. The fraction of sp³-hybridized carbons (Fsp3) is 0.500. The molecule has 1 aromatic carbocycles. The van der Waals surface area contributed by atoms with Gasteiger partial charge in [0.15, 0.2) is 5.82 Å². The molecule has 0 spiro atoms. The smallest absolute Gasteiger partial charge is 0.163 e. The third kappa shape index (κ3) is 5.16. The molecule has 1 aromatic heterocycles. The van der Waals surface area contributed by atoms with E-state index in [-0.39, 0.29) is 0 Å². The molecule has 1 fully saturated rings. The maximum absolute atomic E-state index is 6.39. The molecule has 0 aliphatic carbocycles. The van der Waals surface area contributed by atoms with Crippen LogP contribution in [0.5, 0.6) is 0 Å². The lowest BCUT2D eigenvalue weighted by molar-refractivity contribution is 0.0897. The van der Waals surface area contributed by atoms with E-state index < -0.39 is 0 Å². The van der Waals surface area contributed by atoms with Gasteiger partial charge in [0.25, 0.3) is 0 Å². The first kappa shape index (κ1) is 19.1. The quantitative estimate of drug-likeness (QED) is 0.525. The molecule has 0 radical (unpaired) electrons. The van der Waals surface area contributed by atoms with Crippen molar-refractivity contribution >= 4 is 17.4 Å². The van der Waals surface area contributed by atoms with Crippen LogP contribution in [0.15, 0.2) is 30.3 Å². The normalized spacial score (nSPS) is 16.8. The molecular weight excluding hydrogens is 350 g/mol. The fourth-order valence-electron chi connectivity index (χ4n) is 2.98. The number of nitrogens with zero attached hydrogens (tertiary/aromatic N) is 2. The van der Waals surface area contributed by atoms with Crippen molar-refractivity contribution in [2.45, 2.75) is 26.2 Å². The lowest BCUT2D eigenvalue weighted by Crippen LogP contribution is -2.13. The maximum Gasteiger partial charge on any atom is 0.163 e. The number of hydrogen-bond acceptors (Lipinski definition) is 5. The maximum atomic E-state index is 6.39. The van der Waals surface area contributed by atoms with Gasteiger partial charge in [-0.05, 0) is 19.3 Å². The second kappa shape index (κ2) is 9.86. The minimum Gasteiger partial charge on any atom is -0.381 e. The van der Waals surface area contributed by atoms with Crippen LogP contribution in [0.4, 0.5) is 5.82 Å². The van der Waals surface area contributed by atoms with Gasteiger partial charge in [0.1, 0.15) is 11.0 Å². The molecule has 26 heavy (non-hydrogen) atoms. The highest BCUT2D eigenvalue weighted by Crippen LogP contribution is 2.26. The molecular formula is C20H26ClN3O2. The minimum absolute atomic E-state index is 0.515. The summed E-state index contributed by atoms with van der Waals surface area (Å²) in [6.07, 6.45) is 2.81. The molecule has 1 aliphatic heterocycles. The van der Waals surface area contributed by atoms with E-state index in [0.29, 0.717) is 16.9 Å². The Morgan fingerprint density at radius 2 is 2.12 bits per heavy atom. The van der Waals surface area contributed by atoms with E-state index in [1.54, 1.807) is 0 Å². The zero-order valence-electron chi connectivity index (χ0n) is 15.2. The number of nitrogens with one attached hydrogen (secondary N) is 1. The third-order valence-electron chi connectivity index (χ3n) is 4.48. The van der Waals surface area contributed by atoms with Crippen molar-refractivity contribution in [3.8, 4) is 11.4 Å². The first-order valence-corrected chi connectivity index (χ1v) is 9.67. The van der Waals surface area contributed by atoms with Gasteiger partial charge in [-0.2, -0.15) is 0 Å². The first-order valence-electron chi connectivity index (χ1n) is 9.29. The summed E-state index contributed by atoms with van der Waals surface area (Å²) < 4.78 is 11.1. The molecule has 2 heterocycles. The van der Waals surface area contributed by atoms with Crippen LogP contribution >= 0.6 is 11.6 Å². The summed E-state index contributed by atoms with van der Waals surface area (Å²) in [7, 11) is 0. The molecule has 0 saturated carbocycles. The largest absolute Gasteiger partial charge is 0.381 e. The van der Waals surface area contributed by atoms with Crippen LogP contribution in [0.3, 0.4) is 0 Å². The van der Waals surface area contributed by atoms with Crippen LogP contribution in [-0.4, -0.2) is 42.9 Å². The van der Waals surface area contributed by atoms with E-state index in [1.807, 2.05) is 30.3 Å². The molecule has 2 aromatic rings. The summed E-state index contributed by atoms with van der Waals surface area (Å²) >= 11 is 6.39. The molecule has 1 N–H and O–H groups in total. The number of halogens is 1. The van der Waals surface area contributed by atoms with Gasteiger partial charge in [-0.1, -0.05) is 48.9 Å². The van der Waals surface area contributed by atoms with Gasteiger partial charge in [-0.25, -0.2) is 9.97 Å². The minimum atomic E-state index is 0.515. The second-order valence-electron chi connectivity index (χ2n) is 6.47. The number of hydrogen-bond donors (Lipinski definition) is 1. The Morgan fingerprint density at radius 3 is 2.85 bits per heavy atom. The average molecular weight is 376 g/mol. The van der Waals surface area contributed by atoms with Crippen molar-refractivity contribution in [3.05, 3.63) is 41.0 Å². The highest BCUT2D eigenvalue weighted by Gasteiger charge is 2.15. The topological polar surface area (TPSA) is 56.3 Å². The van der Waals surface area contributed by atoms with Gasteiger partial charge in [0.05, 0.1) is 13.2 Å². The average Bonchev–Trinajstić information content (AvgIpc) is 3.18. The van der Waals surface area contributed by atoms with Crippen LogP contribution in [0, 0.1) is 5.92 Å². The molecule has 1 aliphatic rings. The lowest BCUT2D eigenvalue weighted by Gasteiger charge is -2.13. The third-order valence-corrected chi connectivity index (χ3v) is 4.79. The van der Waals surface area contributed by atoms with E-state index in [9.17, 15) is 0 Å². The van der Waals surface area contributed by atoms with Crippen LogP contribution in [0.25, 0.3) is 11.4 Å². The van der Waals surface area contributed by atoms with Crippen molar-refractivity contribution in [2.75, 3.05) is 38.3 Å². The van der Waals surface area contributed by atoms with E-state index in [4.69, 9.17) is 26.1 Å². The van der Waals surface area contributed by atoms with Crippen LogP contribution in [0.2, 0.25) is 5.15 Å². The van der Waals surface area contributed by atoms with Gasteiger partial charge in [0.2, 0.25) is 0 Å². The summed E-state index contributed by atoms with van der Waals surface area (Å²) in [4.78, 5) is 9.15. The summed E-state index contributed by atoms with van der Waals surface area (Å²) in [5.41, 5.74) is 1.91. The van der Waals surface area contributed by atoms with E-state index in [2.05, 4.69) is 17.2 Å². The van der Waals surface area contributed by atoms with Gasteiger partial charge >= 0.3 is 0 Å². The Kier molecular flexibility index (Phi) is 7.23. The predicted molar refractivity (Wildman–Crippen MR) is 105 cm³/mol. The Bertz CT molecular complexity index is 691. The van der Waals surface area contributed by atoms with Gasteiger partial charge in [0, 0.05) is 36.8 Å². The Morgan fingerprint density at radius 1 is 1.27 bits per heavy atom. The highest BCUT2D eigenvalue weighted by molar-refractivity contribution is 6.30. The molecule has 1 atom stereocenters. The van der Waals surface area contributed by atoms with E-state index in [0.717, 1.165) is 69.2 Å². The molecule has 3 rings (SSSR count). The molecule has 0 unspecified atom stereocenters. The van der Waals surface area contributed by atoms with E-state index in [1.165, 1.54) is 0 Å². The van der Waals surface area contributed by atoms with Gasteiger partial charge in [-0.15, -0.1) is 0 Å². The molecule has 0 bridgehead atoms. The molecule has 5 nitrogen and oxygen atoms in total. The fourth-order valence-corrected chi connectivity index (χ4v) is 3.28. The van der Waals surface area contributed by atoms with Crippen LogP contribution in [-0.2, 0) is 15.9 Å². The predicted octanol–water partition coefficient (Wildman–Crippen LogP) is 4.21. The van der Waals surface area contributed by atoms with E-state index >= 15 is 0 Å². The standard InChI is InChI=1S/C20H26ClN3O2/c1-2-17-18(21)23-19(16-7-4-3-5-8-16)24-20(17)22-10-6-11-25-13-15-9-12-26-14-15/h3-5,7-8,15H,2,6,9-14H2,1H3,(H,22,23,24)/t15-/m0/s1. The zero-order valence-corrected chi connectivity index (χ0v) is 16.0. The molecule has 0 amide bonds. The SMILES string of the molecule is CCc1c(Cl)nc(-c2ccccc2)nc1NCCCOC[C@@H]1CCOC1. The second-order valence-corrected chi connectivity index (χ2v) is 6.83. The summed E-state index contributed by atoms with van der Waals surface area (Å²) in [6, 6.07) is 9.89. The van der Waals surface area contributed by atoms with Gasteiger partial charge < -0.3 is 14.8 Å². The van der Waals surface area contributed by atoms with Crippen molar-refractivity contribution in [3.63, 3.8) is 0 Å². The number of ether oxygens (including phenoxy) is 2. The summed E-state index contributed by atoms with van der Waals surface area (Å²) in [5.74, 6) is 2.02. The Labute approximate surface area is 160 Å². The number of aromatic nitrogens is 2. The van der Waals surface area contributed by atoms with Crippen molar-refractivity contribution in [1.29, 1.82) is 0 Å². The number of anilines is 1. The van der Waals surface area contributed by atoms with Crippen molar-refractivity contribution in [1.82, 2.24) is 9.97 Å². The number of benzene rings is 1. The zero-order chi connectivity index (χ0) is 18.2. The monoisotopic (exact) mass is 375 g/mol. The van der Waals surface area contributed by atoms with Crippen LogP contribution < -0.4 is 5.32 Å². The highest BCUT2D eigenvalue weighted by atomic mass is 35.5. The summed E-state index contributed by atoms with van der Waals surface area (Å²) in [5, 5.41) is 3.92. The lowest BCUT2D eigenvalue weighted by atomic mass is 10.1. The summed E-state index contributed by atoms with van der Waals surface area (Å²) in [6.45, 7) is 6.07. The van der Waals surface area contributed by atoms with Gasteiger partial charge in [-0.3, -0.25) is 0 Å². The van der Waals surface area contributed by atoms with Crippen LogP contribution in [0.1, 0.15) is 25.3 Å². The van der Waals surface area contributed by atoms with Crippen molar-refractivity contribution < 1.29 is 9.47 Å². The van der Waals surface area contributed by atoms with Crippen molar-refractivity contribution in [2.24, 2.45) is 5.92 Å². The molecule has 6 heteroatoms.